The largest absolute Gasteiger partial charge is 0.513 e. The molecule has 3 aromatic rings. The number of aliphatic hydroxyl groups excluding tert-OH is 1. The van der Waals surface area contributed by atoms with Gasteiger partial charge in [0.15, 0.2) is 0 Å². The highest BCUT2D eigenvalue weighted by atomic mass is 32.2. The van der Waals surface area contributed by atoms with Crippen LogP contribution < -0.4 is 4.74 Å². The highest BCUT2D eigenvalue weighted by Crippen LogP contribution is 2.19. The second kappa shape index (κ2) is 13.4. The Morgan fingerprint density at radius 2 is 1.43 bits per heavy atom. The maximum atomic E-state index is 9.24. The van der Waals surface area contributed by atoms with Crippen molar-refractivity contribution in [1.82, 2.24) is 9.80 Å². The maximum absolute atomic E-state index is 9.24. The van der Waals surface area contributed by atoms with Crippen molar-refractivity contribution in [1.29, 1.82) is 0 Å². The molecule has 0 spiro atoms. The minimum Gasteiger partial charge on any atom is -0.513 e. The molecule has 1 N–H and O–H groups in total. The fraction of sp³-hybridized carbons (Fsp3) is 0.333. The number of aryl methyl sites for hydroxylation is 1. The molecule has 0 radical (unpaired) electrons. The average Bonchev–Trinajstić information content (AvgIpc) is 2.89. The lowest BCUT2D eigenvalue weighted by molar-refractivity contribution is 0.133. The molecule has 0 unspecified atom stereocenters. The number of hydrogen-bond acceptors (Lipinski definition) is 5. The van der Waals surface area contributed by atoms with Crippen LogP contribution in [0.2, 0.25) is 0 Å². The normalized spacial score (nSPS) is 14.6. The van der Waals surface area contributed by atoms with Gasteiger partial charge in [0.2, 0.25) is 0 Å². The number of nitrogens with zero attached hydrogens (tertiary/aromatic N) is 2. The van der Waals surface area contributed by atoms with Gasteiger partial charge in [0, 0.05) is 56.3 Å². The zero-order valence-electron chi connectivity index (χ0n) is 20.4. The van der Waals surface area contributed by atoms with Crippen molar-refractivity contribution in [3.05, 3.63) is 108 Å². The van der Waals surface area contributed by atoms with Crippen LogP contribution in [0.1, 0.15) is 23.1 Å². The van der Waals surface area contributed by atoms with E-state index in [9.17, 15) is 5.11 Å². The number of thioether (sulfide) groups is 1. The summed E-state index contributed by atoms with van der Waals surface area (Å²) in [6, 6.07) is 27.6. The fourth-order valence-electron chi connectivity index (χ4n) is 4.19. The SMILES string of the molecule is C=C(O)CCc1ccc(OCc2ccc(CN3CCN(CCSc4ccccc4)CC3)cc2)cc1. The Kier molecular flexibility index (Phi) is 9.70. The minimum atomic E-state index is 0.227. The van der Waals surface area contributed by atoms with Crippen molar-refractivity contribution in [2.24, 2.45) is 0 Å². The molecule has 0 aliphatic carbocycles. The summed E-state index contributed by atoms with van der Waals surface area (Å²) in [5.74, 6) is 2.24. The van der Waals surface area contributed by atoms with E-state index in [2.05, 4.69) is 71.0 Å². The first-order valence-electron chi connectivity index (χ1n) is 12.4. The van der Waals surface area contributed by atoms with Crippen LogP contribution in [0.4, 0.5) is 0 Å². The molecular formula is C30H36N2O2S. The highest BCUT2D eigenvalue weighted by Gasteiger charge is 2.16. The van der Waals surface area contributed by atoms with Crippen LogP contribution in [-0.2, 0) is 19.6 Å². The molecule has 0 atom stereocenters. The van der Waals surface area contributed by atoms with Crippen LogP contribution in [-0.4, -0.2) is 53.4 Å². The first-order chi connectivity index (χ1) is 17.1. The monoisotopic (exact) mass is 488 g/mol. The Morgan fingerprint density at radius 3 is 2.11 bits per heavy atom. The molecule has 0 bridgehead atoms. The summed E-state index contributed by atoms with van der Waals surface area (Å²) >= 11 is 1.95. The lowest BCUT2D eigenvalue weighted by Crippen LogP contribution is -2.46. The second-order valence-electron chi connectivity index (χ2n) is 9.09. The van der Waals surface area contributed by atoms with Gasteiger partial charge >= 0.3 is 0 Å². The minimum absolute atomic E-state index is 0.227. The van der Waals surface area contributed by atoms with Gasteiger partial charge in [-0.2, -0.15) is 0 Å². The molecule has 1 fully saturated rings. The lowest BCUT2D eigenvalue weighted by atomic mass is 10.1. The summed E-state index contributed by atoms with van der Waals surface area (Å²) in [7, 11) is 0. The van der Waals surface area contributed by atoms with Crippen LogP contribution in [0.25, 0.3) is 0 Å². The maximum Gasteiger partial charge on any atom is 0.119 e. The van der Waals surface area contributed by atoms with Crippen molar-refractivity contribution in [2.45, 2.75) is 30.9 Å². The van der Waals surface area contributed by atoms with Crippen LogP contribution in [0.3, 0.4) is 0 Å². The molecular weight excluding hydrogens is 452 g/mol. The molecule has 4 nitrogen and oxygen atoms in total. The van der Waals surface area contributed by atoms with Crippen molar-refractivity contribution < 1.29 is 9.84 Å². The van der Waals surface area contributed by atoms with Crippen molar-refractivity contribution in [2.75, 3.05) is 38.5 Å². The van der Waals surface area contributed by atoms with Crippen molar-refractivity contribution in [3.8, 4) is 5.75 Å². The molecule has 1 aliphatic rings. The second-order valence-corrected chi connectivity index (χ2v) is 10.3. The zero-order chi connectivity index (χ0) is 24.3. The number of benzene rings is 3. The molecule has 0 amide bonds. The van der Waals surface area contributed by atoms with Crippen molar-refractivity contribution in [3.63, 3.8) is 0 Å². The highest BCUT2D eigenvalue weighted by molar-refractivity contribution is 7.99. The Morgan fingerprint density at radius 1 is 0.800 bits per heavy atom. The van der Waals surface area contributed by atoms with E-state index in [-0.39, 0.29) is 5.76 Å². The summed E-state index contributed by atoms with van der Waals surface area (Å²) in [4.78, 5) is 6.50. The number of ether oxygens (including phenoxy) is 1. The fourth-order valence-corrected chi connectivity index (χ4v) is 5.12. The van der Waals surface area contributed by atoms with E-state index in [1.807, 2.05) is 36.0 Å². The van der Waals surface area contributed by atoms with Gasteiger partial charge in [-0.1, -0.05) is 61.2 Å². The molecule has 35 heavy (non-hydrogen) atoms. The van der Waals surface area contributed by atoms with Crippen LogP contribution in [0.15, 0.2) is 96.1 Å². The lowest BCUT2D eigenvalue weighted by Gasteiger charge is -2.34. The summed E-state index contributed by atoms with van der Waals surface area (Å²) in [6.45, 7) is 10.8. The Bertz CT molecular complexity index is 1030. The predicted molar refractivity (Wildman–Crippen MR) is 146 cm³/mol. The summed E-state index contributed by atoms with van der Waals surface area (Å²) in [5, 5.41) is 9.24. The van der Waals surface area contributed by atoms with E-state index in [0.29, 0.717) is 13.0 Å². The van der Waals surface area contributed by atoms with Gasteiger partial charge in [0.05, 0.1) is 5.76 Å². The molecule has 5 heteroatoms. The van der Waals surface area contributed by atoms with Gasteiger partial charge < -0.3 is 9.84 Å². The summed E-state index contributed by atoms with van der Waals surface area (Å²) in [5.41, 5.74) is 3.70. The third kappa shape index (κ3) is 8.77. The topological polar surface area (TPSA) is 35.9 Å². The third-order valence-corrected chi connectivity index (χ3v) is 7.34. The van der Waals surface area contributed by atoms with Gasteiger partial charge in [-0.3, -0.25) is 9.80 Å². The Labute approximate surface area is 214 Å². The van der Waals surface area contributed by atoms with Crippen LogP contribution in [0.5, 0.6) is 5.75 Å². The van der Waals surface area contributed by atoms with E-state index in [0.717, 1.165) is 57.2 Å². The van der Waals surface area contributed by atoms with Gasteiger partial charge in [-0.05, 0) is 47.4 Å². The molecule has 1 saturated heterocycles. The molecule has 1 heterocycles. The Hall–Kier alpha value is -2.73. The van der Waals surface area contributed by atoms with E-state index in [4.69, 9.17) is 4.74 Å². The molecule has 3 aromatic carbocycles. The van der Waals surface area contributed by atoms with E-state index in [1.165, 1.54) is 21.6 Å². The van der Waals surface area contributed by atoms with Crippen LogP contribution in [0, 0.1) is 0 Å². The number of aliphatic hydroxyl groups is 1. The molecule has 0 saturated carbocycles. The van der Waals surface area contributed by atoms with Gasteiger partial charge in [0.25, 0.3) is 0 Å². The van der Waals surface area contributed by atoms with E-state index in [1.54, 1.807) is 0 Å². The third-order valence-electron chi connectivity index (χ3n) is 6.34. The Balaban J connectivity index is 1.14. The number of rotatable bonds is 12. The first kappa shape index (κ1) is 25.4. The quantitative estimate of drug-likeness (QED) is 0.243. The summed E-state index contributed by atoms with van der Waals surface area (Å²) < 4.78 is 5.95. The standard InChI is InChI=1S/C30H36N2O2S/c1-25(33)7-8-26-13-15-29(16-14-26)34-24-28-11-9-27(10-12-28)23-32-19-17-31(18-20-32)21-22-35-30-5-3-2-4-6-30/h2-6,9-16,33H,1,7-8,17-24H2. The molecule has 184 valence electrons. The zero-order valence-corrected chi connectivity index (χ0v) is 21.3. The predicted octanol–water partition coefficient (Wildman–Crippen LogP) is 6.18. The first-order valence-corrected chi connectivity index (χ1v) is 13.4. The summed E-state index contributed by atoms with van der Waals surface area (Å²) in [6.07, 6.45) is 1.38. The van der Waals surface area contributed by atoms with Gasteiger partial charge in [-0.15, -0.1) is 11.8 Å². The molecule has 0 aromatic heterocycles. The van der Waals surface area contributed by atoms with E-state index >= 15 is 0 Å². The van der Waals surface area contributed by atoms with Gasteiger partial charge in [-0.25, -0.2) is 0 Å². The van der Waals surface area contributed by atoms with Crippen LogP contribution >= 0.6 is 11.8 Å². The molecule has 4 rings (SSSR count). The van der Waals surface area contributed by atoms with Crippen molar-refractivity contribution >= 4 is 11.8 Å². The molecule has 1 aliphatic heterocycles. The van der Waals surface area contributed by atoms with Gasteiger partial charge in [0.1, 0.15) is 12.4 Å². The number of hydrogen-bond donors (Lipinski definition) is 1. The average molecular weight is 489 g/mol. The number of allylic oxidation sites excluding steroid dienone is 1. The van der Waals surface area contributed by atoms with E-state index < -0.39 is 0 Å². The number of piperazine rings is 1. The smallest absolute Gasteiger partial charge is 0.119 e.